The van der Waals surface area contributed by atoms with Crippen molar-refractivity contribution >= 4 is 12.4 Å². The standard InChI is InChI=1S/C20H24N2O4/c1-20(2,3)26-19(25)22-9-16(10-22)18(24)14-6-13-4-12(11-23)5-17(13)15(7-14)8-21/h6-7,11-12,16,18,24H,4-5,9-10H2,1-3H3. The number of carbonyl (C=O) groups is 2. The lowest BCUT2D eigenvalue weighted by molar-refractivity contribution is -0.110. The van der Waals surface area contributed by atoms with Gasteiger partial charge in [-0.25, -0.2) is 4.79 Å². The monoisotopic (exact) mass is 356 g/mol. The summed E-state index contributed by atoms with van der Waals surface area (Å²) in [5.41, 5.74) is 2.56. The molecule has 6 heteroatoms. The van der Waals surface area contributed by atoms with Crippen LogP contribution in [0.3, 0.4) is 0 Å². The zero-order valence-electron chi connectivity index (χ0n) is 15.4. The average Bonchev–Trinajstić information content (AvgIpc) is 2.93. The van der Waals surface area contributed by atoms with E-state index >= 15 is 0 Å². The SMILES string of the molecule is CC(C)(C)OC(=O)N1CC(C(O)c2cc(C#N)c3c(c2)CC(C=O)C3)C1. The van der Waals surface area contributed by atoms with E-state index in [0.717, 1.165) is 17.4 Å². The summed E-state index contributed by atoms with van der Waals surface area (Å²) in [5.74, 6) is -0.175. The highest BCUT2D eigenvalue weighted by Gasteiger charge is 2.38. The molecular formula is C20H24N2O4. The summed E-state index contributed by atoms with van der Waals surface area (Å²) in [6.45, 7) is 6.30. The predicted octanol–water partition coefficient (Wildman–Crippen LogP) is 2.37. The van der Waals surface area contributed by atoms with Crippen LogP contribution in [0.1, 0.15) is 49.1 Å². The van der Waals surface area contributed by atoms with Gasteiger partial charge in [0.25, 0.3) is 0 Å². The van der Waals surface area contributed by atoms with Crippen molar-refractivity contribution in [3.63, 3.8) is 0 Å². The minimum Gasteiger partial charge on any atom is -0.444 e. The Kier molecular flexibility index (Phi) is 4.76. The molecule has 1 N–H and O–H groups in total. The van der Waals surface area contributed by atoms with E-state index in [1.54, 1.807) is 11.0 Å². The molecule has 0 saturated carbocycles. The molecule has 1 saturated heterocycles. The lowest BCUT2D eigenvalue weighted by atomic mass is 9.87. The number of fused-ring (bicyclic) bond motifs is 1. The molecule has 0 bridgehead atoms. The summed E-state index contributed by atoms with van der Waals surface area (Å²) in [6, 6.07) is 5.80. The maximum Gasteiger partial charge on any atom is 0.410 e. The first kappa shape index (κ1) is 18.4. The molecule has 1 aliphatic carbocycles. The van der Waals surface area contributed by atoms with E-state index in [1.165, 1.54) is 0 Å². The number of likely N-dealkylation sites (tertiary alicyclic amines) is 1. The van der Waals surface area contributed by atoms with Crippen LogP contribution in [0.25, 0.3) is 0 Å². The lowest BCUT2D eigenvalue weighted by Crippen LogP contribution is -2.53. The van der Waals surface area contributed by atoms with Gasteiger partial charge >= 0.3 is 6.09 Å². The first-order chi connectivity index (χ1) is 12.2. The largest absolute Gasteiger partial charge is 0.444 e. The molecule has 6 nitrogen and oxygen atoms in total. The quantitative estimate of drug-likeness (QED) is 0.840. The summed E-state index contributed by atoms with van der Waals surface area (Å²) in [7, 11) is 0. The van der Waals surface area contributed by atoms with Gasteiger partial charge in [0.05, 0.1) is 17.7 Å². The molecule has 0 aromatic heterocycles. The molecule has 1 aromatic carbocycles. The van der Waals surface area contributed by atoms with Gasteiger partial charge in [-0.15, -0.1) is 0 Å². The second kappa shape index (κ2) is 6.73. The van der Waals surface area contributed by atoms with Crippen molar-refractivity contribution in [3.8, 4) is 6.07 Å². The fourth-order valence-electron chi connectivity index (χ4n) is 3.62. The zero-order chi connectivity index (χ0) is 19.1. The van der Waals surface area contributed by atoms with E-state index in [1.807, 2.05) is 26.8 Å². The molecular weight excluding hydrogens is 332 g/mol. The Labute approximate surface area is 153 Å². The molecule has 1 aromatic rings. The summed E-state index contributed by atoms with van der Waals surface area (Å²) in [5, 5.41) is 20.1. The van der Waals surface area contributed by atoms with Crippen molar-refractivity contribution in [1.29, 1.82) is 5.26 Å². The smallest absolute Gasteiger partial charge is 0.410 e. The average molecular weight is 356 g/mol. The van der Waals surface area contributed by atoms with E-state index < -0.39 is 11.7 Å². The number of hydrogen-bond acceptors (Lipinski definition) is 5. The molecule has 1 amide bonds. The van der Waals surface area contributed by atoms with Gasteiger partial charge in [0.2, 0.25) is 0 Å². The van der Waals surface area contributed by atoms with Crippen molar-refractivity contribution in [2.75, 3.05) is 13.1 Å². The molecule has 26 heavy (non-hydrogen) atoms. The van der Waals surface area contributed by atoms with Crippen LogP contribution in [-0.2, 0) is 22.4 Å². The van der Waals surface area contributed by atoms with Gasteiger partial charge in [-0.05, 0) is 56.4 Å². The minimum atomic E-state index is -0.749. The number of carbonyl (C=O) groups excluding carboxylic acids is 2. The van der Waals surface area contributed by atoms with E-state index in [4.69, 9.17) is 4.74 Å². The third-order valence-electron chi connectivity index (χ3n) is 4.98. The van der Waals surface area contributed by atoms with Gasteiger partial charge in [0, 0.05) is 24.9 Å². The van der Waals surface area contributed by atoms with Crippen molar-refractivity contribution < 1.29 is 19.4 Å². The highest BCUT2D eigenvalue weighted by atomic mass is 16.6. The second-order valence-electron chi connectivity index (χ2n) is 8.21. The maximum atomic E-state index is 12.0. The topological polar surface area (TPSA) is 90.6 Å². The van der Waals surface area contributed by atoms with Gasteiger partial charge in [-0.3, -0.25) is 0 Å². The summed E-state index contributed by atoms with van der Waals surface area (Å²) in [4.78, 5) is 24.7. The van der Waals surface area contributed by atoms with Crippen molar-refractivity contribution in [2.45, 2.75) is 45.3 Å². The summed E-state index contributed by atoms with van der Waals surface area (Å²) >= 11 is 0. The molecule has 1 heterocycles. The minimum absolute atomic E-state index is 0.0872. The summed E-state index contributed by atoms with van der Waals surface area (Å²) in [6.07, 6.45) is 1.02. The number of ether oxygens (including phenoxy) is 1. The van der Waals surface area contributed by atoms with E-state index in [2.05, 4.69) is 6.07 Å². The van der Waals surface area contributed by atoms with Crippen LogP contribution in [0, 0.1) is 23.2 Å². The van der Waals surface area contributed by atoms with Gasteiger partial charge in [0.15, 0.2) is 0 Å². The molecule has 3 rings (SSSR count). The first-order valence-electron chi connectivity index (χ1n) is 8.89. The molecule has 138 valence electrons. The number of rotatable bonds is 3. The molecule has 0 spiro atoms. The van der Waals surface area contributed by atoms with Crippen LogP contribution in [0.4, 0.5) is 4.79 Å². The van der Waals surface area contributed by atoms with Crippen LogP contribution < -0.4 is 0 Å². The third-order valence-corrected chi connectivity index (χ3v) is 4.98. The number of nitrogens with zero attached hydrogens (tertiary/aromatic N) is 2. The predicted molar refractivity (Wildman–Crippen MR) is 94.4 cm³/mol. The van der Waals surface area contributed by atoms with Gasteiger partial charge in [-0.2, -0.15) is 5.26 Å². The third kappa shape index (κ3) is 3.58. The van der Waals surface area contributed by atoms with Crippen LogP contribution in [-0.4, -0.2) is 41.1 Å². The van der Waals surface area contributed by atoms with E-state index in [9.17, 15) is 20.0 Å². The van der Waals surface area contributed by atoms with Crippen LogP contribution in [0.5, 0.6) is 0 Å². The molecule has 2 aliphatic rings. The zero-order valence-corrected chi connectivity index (χ0v) is 15.4. The molecule has 1 fully saturated rings. The van der Waals surface area contributed by atoms with Crippen LogP contribution in [0.2, 0.25) is 0 Å². The molecule has 0 radical (unpaired) electrons. The van der Waals surface area contributed by atoms with Gasteiger partial charge in [0.1, 0.15) is 11.9 Å². The maximum absolute atomic E-state index is 12.0. The number of aldehydes is 1. The van der Waals surface area contributed by atoms with Crippen LogP contribution >= 0.6 is 0 Å². The first-order valence-corrected chi connectivity index (χ1v) is 8.89. The molecule has 1 aliphatic heterocycles. The van der Waals surface area contributed by atoms with Crippen molar-refractivity contribution in [1.82, 2.24) is 4.90 Å². The van der Waals surface area contributed by atoms with Crippen LogP contribution in [0.15, 0.2) is 12.1 Å². The Morgan fingerprint density at radius 3 is 2.65 bits per heavy atom. The summed E-state index contributed by atoms with van der Waals surface area (Å²) < 4.78 is 5.33. The Bertz CT molecular complexity index is 769. The Hall–Kier alpha value is -2.39. The number of nitriles is 1. The van der Waals surface area contributed by atoms with Crippen molar-refractivity contribution in [3.05, 3.63) is 34.4 Å². The number of benzene rings is 1. The number of aliphatic hydroxyl groups excluding tert-OH is 1. The van der Waals surface area contributed by atoms with Gasteiger partial charge in [-0.1, -0.05) is 6.07 Å². The fourth-order valence-corrected chi connectivity index (χ4v) is 3.62. The Morgan fingerprint density at radius 2 is 2.08 bits per heavy atom. The fraction of sp³-hybridized carbons (Fsp3) is 0.550. The highest BCUT2D eigenvalue weighted by molar-refractivity contribution is 5.69. The molecule has 2 unspecified atom stereocenters. The van der Waals surface area contributed by atoms with Crippen molar-refractivity contribution in [2.24, 2.45) is 11.8 Å². The molecule has 2 atom stereocenters. The number of aliphatic hydroxyl groups is 1. The normalized spacial score (nSPS) is 20.7. The highest BCUT2D eigenvalue weighted by Crippen LogP contribution is 2.36. The van der Waals surface area contributed by atoms with E-state index in [-0.39, 0.29) is 17.9 Å². The lowest BCUT2D eigenvalue weighted by Gasteiger charge is -2.42. The van der Waals surface area contributed by atoms with E-state index in [0.29, 0.717) is 37.1 Å². The Balaban J connectivity index is 1.69. The number of amides is 1. The van der Waals surface area contributed by atoms with Gasteiger partial charge < -0.3 is 19.5 Å². The number of hydrogen-bond donors (Lipinski definition) is 1. The second-order valence-corrected chi connectivity index (χ2v) is 8.21. The Morgan fingerprint density at radius 1 is 1.38 bits per heavy atom.